The van der Waals surface area contributed by atoms with Crippen LogP contribution >= 0.6 is 11.6 Å². The number of esters is 2. The molecule has 2 aromatic rings. The molecule has 29 heavy (non-hydrogen) atoms. The van der Waals surface area contributed by atoms with Crippen molar-refractivity contribution in [1.82, 2.24) is 0 Å². The molecule has 0 saturated heterocycles. The van der Waals surface area contributed by atoms with Crippen molar-refractivity contribution in [3.63, 3.8) is 0 Å². The fourth-order valence-electron chi connectivity index (χ4n) is 2.62. The van der Waals surface area contributed by atoms with E-state index in [1.807, 2.05) is 12.1 Å². The summed E-state index contributed by atoms with van der Waals surface area (Å²) < 4.78 is 24.5. The number of alkyl halides is 1. The van der Waals surface area contributed by atoms with Gasteiger partial charge in [-0.25, -0.2) is 9.18 Å². The smallest absolute Gasteiger partial charge is 0.343 e. The molecule has 1 unspecified atom stereocenters. The maximum atomic E-state index is 14.2. The van der Waals surface area contributed by atoms with Gasteiger partial charge in [0.2, 0.25) is 0 Å². The molecule has 0 N–H and O–H groups in total. The van der Waals surface area contributed by atoms with Crippen LogP contribution in [0.4, 0.5) is 4.39 Å². The van der Waals surface area contributed by atoms with Crippen molar-refractivity contribution in [1.29, 1.82) is 0 Å². The predicted octanol–water partition coefficient (Wildman–Crippen LogP) is 5.95. The van der Waals surface area contributed by atoms with Gasteiger partial charge in [-0.3, -0.25) is 4.79 Å². The van der Waals surface area contributed by atoms with E-state index < -0.39 is 23.1 Å². The summed E-state index contributed by atoms with van der Waals surface area (Å²) in [6, 6.07) is 10.8. The predicted molar refractivity (Wildman–Crippen MR) is 111 cm³/mol. The van der Waals surface area contributed by atoms with Crippen molar-refractivity contribution in [3.8, 4) is 11.5 Å². The number of aryl methyl sites for hydroxylation is 1. The molecule has 0 bridgehead atoms. The Morgan fingerprint density at radius 3 is 2.31 bits per heavy atom. The van der Waals surface area contributed by atoms with E-state index in [9.17, 15) is 14.0 Å². The lowest BCUT2D eigenvalue weighted by Gasteiger charge is -2.13. The van der Waals surface area contributed by atoms with Crippen LogP contribution in [0.3, 0.4) is 0 Å². The second-order valence-corrected chi connectivity index (χ2v) is 7.67. The average Bonchev–Trinajstić information content (AvgIpc) is 2.70. The first-order valence-corrected chi connectivity index (χ1v) is 10.2. The Morgan fingerprint density at radius 1 is 1.03 bits per heavy atom. The van der Waals surface area contributed by atoms with Crippen LogP contribution < -0.4 is 9.47 Å². The van der Waals surface area contributed by atoms with Gasteiger partial charge in [0.15, 0.2) is 11.6 Å². The lowest BCUT2D eigenvalue weighted by Crippen LogP contribution is -2.25. The normalized spacial score (nSPS) is 11.9. The number of ether oxygens (including phenoxy) is 2. The van der Waals surface area contributed by atoms with Gasteiger partial charge >= 0.3 is 11.9 Å². The SMILES string of the molecule is CCCCCc1ccc(OC(=O)c2ccc(OC(=O)C(Cl)C(C)C)c(F)c2)cc1. The zero-order valence-electron chi connectivity index (χ0n) is 16.9. The van der Waals surface area contributed by atoms with Crippen molar-refractivity contribution in [2.24, 2.45) is 5.92 Å². The third-order valence-corrected chi connectivity index (χ3v) is 5.07. The highest BCUT2D eigenvalue weighted by molar-refractivity contribution is 6.30. The Hall–Kier alpha value is -2.40. The number of hydrogen-bond acceptors (Lipinski definition) is 4. The van der Waals surface area contributed by atoms with Crippen molar-refractivity contribution < 1.29 is 23.5 Å². The van der Waals surface area contributed by atoms with Crippen LogP contribution in [0.2, 0.25) is 0 Å². The van der Waals surface area contributed by atoms with E-state index in [-0.39, 0.29) is 17.2 Å². The molecule has 0 saturated carbocycles. The minimum atomic E-state index is -0.885. The maximum Gasteiger partial charge on any atom is 0.343 e. The van der Waals surface area contributed by atoms with Gasteiger partial charge in [-0.1, -0.05) is 45.7 Å². The second-order valence-electron chi connectivity index (χ2n) is 7.20. The molecule has 4 nitrogen and oxygen atoms in total. The largest absolute Gasteiger partial charge is 0.423 e. The van der Waals surface area contributed by atoms with Gasteiger partial charge in [0.05, 0.1) is 5.56 Å². The van der Waals surface area contributed by atoms with Crippen molar-refractivity contribution in [2.45, 2.75) is 51.8 Å². The highest BCUT2D eigenvalue weighted by Crippen LogP contribution is 2.22. The number of carbonyl (C=O) groups excluding carboxylic acids is 2. The van der Waals surface area contributed by atoms with Gasteiger partial charge in [-0.2, -0.15) is 0 Å². The Labute approximate surface area is 176 Å². The number of benzene rings is 2. The minimum Gasteiger partial charge on any atom is -0.423 e. The van der Waals surface area contributed by atoms with Crippen molar-refractivity contribution in [2.75, 3.05) is 0 Å². The molecule has 0 amide bonds. The fourth-order valence-corrected chi connectivity index (χ4v) is 2.66. The fraction of sp³-hybridized carbons (Fsp3) is 0.391. The molecule has 1 atom stereocenters. The van der Waals surface area contributed by atoms with Crippen LogP contribution in [-0.4, -0.2) is 17.3 Å². The van der Waals surface area contributed by atoms with Crippen molar-refractivity contribution in [3.05, 3.63) is 59.4 Å². The zero-order valence-corrected chi connectivity index (χ0v) is 17.7. The first kappa shape index (κ1) is 22.9. The second kappa shape index (κ2) is 11.0. The van der Waals surface area contributed by atoms with Gasteiger partial charge in [-0.05, 0) is 54.7 Å². The van der Waals surface area contributed by atoms with Crippen LogP contribution in [0.1, 0.15) is 56.0 Å². The van der Waals surface area contributed by atoms with E-state index in [0.717, 1.165) is 25.3 Å². The van der Waals surface area contributed by atoms with Crippen LogP contribution in [0.5, 0.6) is 11.5 Å². The first-order valence-electron chi connectivity index (χ1n) is 9.78. The molecule has 0 heterocycles. The minimum absolute atomic E-state index is 0.0144. The standard InChI is InChI=1S/C23H26ClFO4/c1-4-5-6-7-16-8-11-18(12-9-16)28-22(26)17-10-13-20(19(25)14-17)29-23(27)21(24)15(2)3/h8-15,21H,4-7H2,1-3H3. The zero-order chi connectivity index (χ0) is 21.4. The van der Waals surface area contributed by atoms with Crippen LogP contribution in [0.15, 0.2) is 42.5 Å². The topological polar surface area (TPSA) is 52.6 Å². The van der Waals surface area contributed by atoms with E-state index in [0.29, 0.717) is 5.75 Å². The van der Waals surface area contributed by atoms with E-state index in [1.54, 1.807) is 26.0 Å². The molecular weight excluding hydrogens is 395 g/mol. The molecule has 2 rings (SSSR count). The number of unbranched alkanes of at least 4 members (excludes halogenated alkanes) is 2. The Balaban J connectivity index is 1.99. The summed E-state index contributed by atoms with van der Waals surface area (Å²) >= 11 is 5.92. The van der Waals surface area contributed by atoms with E-state index in [4.69, 9.17) is 21.1 Å². The summed E-state index contributed by atoms with van der Waals surface area (Å²) in [6.45, 7) is 5.67. The van der Waals surface area contributed by atoms with Crippen LogP contribution in [-0.2, 0) is 11.2 Å². The summed E-state index contributed by atoms with van der Waals surface area (Å²) in [4.78, 5) is 24.1. The number of hydrogen-bond donors (Lipinski definition) is 0. The van der Waals surface area contributed by atoms with Crippen molar-refractivity contribution >= 4 is 23.5 Å². The molecule has 0 spiro atoms. The molecule has 156 valence electrons. The number of carbonyl (C=O) groups is 2. The van der Waals surface area contributed by atoms with E-state index in [2.05, 4.69) is 6.92 Å². The van der Waals surface area contributed by atoms with Gasteiger partial charge in [0.25, 0.3) is 0 Å². The van der Waals surface area contributed by atoms with E-state index in [1.165, 1.54) is 24.1 Å². The summed E-state index contributed by atoms with van der Waals surface area (Å²) in [5.74, 6) is -2.33. The average molecular weight is 421 g/mol. The molecule has 0 aliphatic rings. The third-order valence-electron chi connectivity index (χ3n) is 4.39. The lowest BCUT2D eigenvalue weighted by atomic mass is 10.1. The van der Waals surface area contributed by atoms with Gasteiger partial charge in [-0.15, -0.1) is 11.6 Å². The Morgan fingerprint density at radius 2 is 1.72 bits per heavy atom. The molecule has 2 aromatic carbocycles. The molecular formula is C23H26ClFO4. The molecule has 0 fully saturated rings. The summed E-state index contributed by atoms with van der Waals surface area (Å²) in [5.41, 5.74) is 1.19. The Kier molecular flexibility index (Phi) is 8.65. The molecule has 6 heteroatoms. The van der Waals surface area contributed by atoms with E-state index >= 15 is 0 Å². The Bertz CT molecular complexity index is 833. The monoisotopic (exact) mass is 420 g/mol. The highest BCUT2D eigenvalue weighted by Gasteiger charge is 2.23. The van der Waals surface area contributed by atoms with Crippen LogP contribution in [0, 0.1) is 11.7 Å². The third kappa shape index (κ3) is 6.86. The molecule has 0 aromatic heterocycles. The van der Waals surface area contributed by atoms with Gasteiger partial charge in [0, 0.05) is 0 Å². The number of rotatable bonds is 9. The molecule has 0 radical (unpaired) electrons. The first-order chi connectivity index (χ1) is 13.8. The molecule has 0 aliphatic heterocycles. The van der Waals surface area contributed by atoms with Gasteiger partial charge < -0.3 is 9.47 Å². The summed E-state index contributed by atoms with van der Waals surface area (Å²) in [7, 11) is 0. The summed E-state index contributed by atoms with van der Waals surface area (Å²) in [5, 5.41) is -0.885. The number of halogens is 2. The highest BCUT2D eigenvalue weighted by atomic mass is 35.5. The molecule has 0 aliphatic carbocycles. The van der Waals surface area contributed by atoms with Gasteiger partial charge in [0.1, 0.15) is 11.1 Å². The quantitative estimate of drug-likeness (QED) is 0.218. The summed E-state index contributed by atoms with van der Waals surface area (Å²) in [6.07, 6.45) is 4.44. The lowest BCUT2D eigenvalue weighted by molar-refractivity contribution is -0.134. The maximum absolute atomic E-state index is 14.2. The van der Waals surface area contributed by atoms with Crippen LogP contribution in [0.25, 0.3) is 0 Å².